The summed E-state index contributed by atoms with van der Waals surface area (Å²) in [7, 11) is 3.41. The zero-order chi connectivity index (χ0) is 27.4. The number of rotatable bonds is 8. The predicted octanol–water partition coefficient (Wildman–Crippen LogP) is 5.97. The van der Waals surface area contributed by atoms with Crippen molar-refractivity contribution in [2.24, 2.45) is 0 Å². The summed E-state index contributed by atoms with van der Waals surface area (Å²) < 4.78 is 45.7. The Morgan fingerprint density at radius 1 is 1.13 bits per heavy atom. The van der Waals surface area contributed by atoms with Crippen LogP contribution in [0.1, 0.15) is 44.8 Å². The van der Waals surface area contributed by atoms with E-state index in [4.69, 9.17) is 10.5 Å². The van der Waals surface area contributed by atoms with Crippen LogP contribution < -0.4 is 11.1 Å². The molecule has 38 heavy (non-hydrogen) atoms. The fraction of sp³-hybridized carbons (Fsp3) is 0.393. The number of esters is 1. The molecule has 0 radical (unpaired) electrons. The van der Waals surface area contributed by atoms with Crippen LogP contribution in [-0.4, -0.2) is 56.1 Å². The molecule has 3 N–H and O–H groups in total. The molecule has 1 aliphatic rings. The van der Waals surface area contributed by atoms with Crippen molar-refractivity contribution in [1.82, 2.24) is 9.80 Å². The van der Waals surface area contributed by atoms with Crippen LogP contribution in [0.25, 0.3) is 0 Å². The van der Waals surface area contributed by atoms with E-state index < -0.39 is 23.6 Å². The third kappa shape index (κ3) is 6.67. The molecule has 0 aliphatic carbocycles. The number of nitrogens with zero attached hydrogens (tertiary/aromatic N) is 2. The average molecular weight is 547 g/mol. The van der Waals surface area contributed by atoms with Gasteiger partial charge in [-0.15, -0.1) is 11.3 Å². The largest absolute Gasteiger partial charge is 0.465 e. The maximum Gasteiger partial charge on any atom is 0.416 e. The molecule has 204 valence electrons. The molecule has 0 amide bonds. The summed E-state index contributed by atoms with van der Waals surface area (Å²) in [5.74, 6) is -0.998. The standard InChI is InChI=1S/C28H33F3N4O2S/c1-18(21-6-4-5-7-22(21)28(29,30)31)14-20-16-25(38-26(20)27(36)37-3)33-24-15-19(8-9-23(24)32)17-35-12-10-34(2)11-13-35/h4-9,15-16,18,33H,10-14,17,32H2,1-3H3/t18-/m0/s1. The summed E-state index contributed by atoms with van der Waals surface area (Å²) >= 11 is 1.21. The van der Waals surface area contributed by atoms with E-state index in [1.165, 1.54) is 30.6 Å². The van der Waals surface area contributed by atoms with E-state index >= 15 is 0 Å². The Morgan fingerprint density at radius 2 is 1.84 bits per heavy atom. The molecule has 3 aromatic rings. The van der Waals surface area contributed by atoms with Crippen molar-refractivity contribution in [3.05, 3.63) is 75.7 Å². The number of carbonyl (C=O) groups excluding carboxylic acids is 1. The fourth-order valence-electron chi connectivity index (χ4n) is 4.74. The number of carbonyl (C=O) groups is 1. The van der Waals surface area contributed by atoms with E-state index in [-0.39, 0.29) is 12.0 Å². The lowest BCUT2D eigenvalue weighted by atomic mass is 9.90. The van der Waals surface area contributed by atoms with Crippen LogP contribution in [0.5, 0.6) is 0 Å². The van der Waals surface area contributed by atoms with Gasteiger partial charge in [0.25, 0.3) is 0 Å². The van der Waals surface area contributed by atoms with E-state index in [2.05, 4.69) is 22.2 Å². The van der Waals surface area contributed by atoms with Crippen LogP contribution in [-0.2, 0) is 23.9 Å². The van der Waals surface area contributed by atoms with Gasteiger partial charge < -0.3 is 20.7 Å². The second-order valence-corrected chi connectivity index (χ2v) is 10.8. The number of nitrogen functional groups attached to an aromatic ring is 1. The van der Waals surface area contributed by atoms with Crippen molar-refractivity contribution in [3.8, 4) is 0 Å². The lowest BCUT2D eigenvalue weighted by molar-refractivity contribution is -0.138. The number of alkyl halides is 3. The number of halogens is 3. The van der Waals surface area contributed by atoms with E-state index in [0.717, 1.165) is 50.0 Å². The van der Waals surface area contributed by atoms with E-state index in [9.17, 15) is 18.0 Å². The molecule has 2 aromatic carbocycles. The molecule has 4 rings (SSSR count). The first kappa shape index (κ1) is 27.9. The van der Waals surface area contributed by atoms with Crippen LogP contribution in [0.2, 0.25) is 0 Å². The molecule has 1 aliphatic heterocycles. The second-order valence-electron chi connectivity index (χ2n) is 9.77. The van der Waals surface area contributed by atoms with Gasteiger partial charge in [-0.3, -0.25) is 4.90 Å². The van der Waals surface area contributed by atoms with Crippen LogP contribution in [0.15, 0.2) is 48.5 Å². The van der Waals surface area contributed by atoms with Crippen molar-refractivity contribution in [2.75, 3.05) is 51.4 Å². The van der Waals surface area contributed by atoms with Crippen molar-refractivity contribution < 1.29 is 22.7 Å². The highest BCUT2D eigenvalue weighted by Gasteiger charge is 2.34. The molecule has 1 atom stereocenters. The molecule has 1 aromatic heterocycles. The maximum absolute atomic E-state index is 13.6. The quantitative estimate of drug-likeness (QED) is 0.268. The molecular weight excluding hydrogens is 513 g/mol. The highest BCUT2D eigenvalue weighted by molar-refractivity contribution is 7.18. The van der Waals surface area contributed by atoms with Gasteiger partial charge in [-0.25, -0.2) is 4.79 Å². The van der Waals surface area contributed by atoms with Gasteiger partial charge in [-0.1, -0.05) is 31.2 Å². The maximum atomic E-state index is 13.6. The first-order valence-corrected chi connectivity index (χ1v) is 13.3. The zero-order valence-corrected chi connectivity index (χ0v) is 22.6. The van der Waals surface area contributed by atoms with E-state index in [0.29, 0.717) is 21.1 Å². The highest BCUT2D eigenvalue weighted by atomic mass is 32.1. The summed E-state index contributed by atoms with van der Waals surface area (Å²) in [6.07, 6.45) is -4.21. The van der Waals surface area contributed by atoms with Gasteiger partial charge in [0, 0.05) is 32.7 Å². The van der Waals surface area contributed by atoms with Gasteiger partial charge in [0.15, 0.2) is 0 Å². The Morgan fingerprint density at radius 3 is 2.53 bits per heavy atom. The molecule has 2 heterocycles. The lowest BCUT2D eigenvalue weighted by Crippen LogP contribution is -2.43. The number of likely N-dealkylation sites (N-methyl/N-ethyl adjacent to an activating group) is 1. The van der Waals surface area contributed by atoms with Crippen LogP contribution in [0.3, 0.4) is 0 Å². The number of ether oxygens (including phenoxy) is 1. The summed E-state index contributed by atoms with van der Waals surface area (Å²) in [5, 5.41) is 3.99. The zero-order valence-electron chi connectivity index (χ0n) is 21.8. The molecule has 0 unspecified atom stereocenters. The normalized spacial score (nSPS) is 15.8. The van der Waals surface area contributed by atoms with E-state index in [1.54, 1.807) is 19.1 Å². The van der Waals surface area contributed by atoms with Crippen LogP contribution >= 0.6 is 11.3 Å². The Bertz CT molecular complexity index is 1270. The van der Waals surface area contributed by atoms with Crippen LogP contribution in [0.4, 0.5) is 29.5 Å². The van der Waals surface area contributed by atoms with Crippen molar-refractivity contribution in [2.45, 2.75) is 32.0 Å². The number of thiophene rings is 1. The number of benzene rings is 2. The Balaban J connectivity index is 1.56. The Labute approximate surface area is 225 Å². The van der Waals surface area contributed by atoms with Crippen LogP contribution in [0, 0.1) is 0 Å². The molecule has 6 nitrogen and oxygen atoms in total. The molecule has 10 heteroatoms. The van der Waals surface area contributed by atoms with Crippen molar-refractivity contribution >= 4 is 33.7 Å². The van der Waals surface area contributed by atoms with E-state index in [1.807, 2.05) is 18.2 Å². The summed E-state index contributed by atoms with van der Waals surface area (Å²) in [6.45, 7) is 6.59. The van der Waals surface area contributed by atoms with Gasteiger partial charge in [-0.2, -0.15) is 13.2 Å². The molecule has 1 fully saturated rings. The average Bonchev–Trinajstić information content (AvgIpc) is 3.28. The van der Waals surface area contributed by atoms with Crippen molar-refractivity contribution in [3.63, 3.8) is 0 Å². The van der Waals surface area contributed by atoms with Gasteiger partial charge in [0.2, 0.25) is 0 Å². The summed E-state index contributed by atoms with van der Waals surface area (Å²) in [6, 6.07) is 13.2. The summed E-state index contributed by atoms with van der Waals surface area (Å²) in [4.78, 5) is 17.6. The molecule has 1 saturated heterocycles. The topological polar surface area (TPSA) is 70.8 Å². The first-order chi connectivity index (χ1) is 18.0. The first-order valence-electron chi connectivity index (χ1n) is 12.5. The molecule has 0 bridgehead atoms. The van der Waals surface area contributed by atoms with Gasteiger partial charge in [0.05, 0.1) is 29.0 Å². The number of anilines is 3. The predicted molar refractivity (Wildman–Crippen MR) is 146 cm³/mol. The Kier molecular flexibility index (Phi) is 8.64. The molecule has 0 saturated carbocycles. The second kappa shape index (κ2) is 11.8. The number of hydrogen-bond donors (Lipinski definition) is 2. The minimum Gasteiger partial charge on any atom is -0.465 e. The number of piperazine rings is 1. The molecule has 0 spiro atoms. The highest BCUT2D eigenvalue weighted by Crippen LogP contribution is 2.39. The Hall–Kier alpha value is -3.08. The number of hydrogen-bond acceptors (Lipinski definition) is 7. The minimum atomic E-state index is -4.45. The van der Waals surface area contributed by atoms with Gasteiger partial charge in [0.1, 0.15) is 4.88 Å². The van der Waals surface area contributed by atoms with Crippen molar-refractivity contribution in [1.29, 1.82) is 0 Å². The SMILES string of the molecule is COC(=O)c1sc(Nc2cc(CN3CCN(C)CC3)ccc2N)cc1C[C@H](C)c1ccccc1C(F)(F)F. The third-order valence-corrected chi connectivity index (χ3v) is 7.95. The minimum absolute atomic E-state index is 0.192. The monoisotopic (exact) mass is 546 g/mol. The number of nitrogens with two attached hydrogens (primary N) is 1. The van der Waals surface area contributed by atoms with Gasteiger partial charge >= 0.3 is 12.1 Å². The fourth-order valence-corrected chi connectivity index (χ4v) is 5.76. The molecular formula is C28H33F3N4O2S. The number of methoxy groups -OCH3 is 1. The smallest absolute Gasteiger partial charge is 0.416 e. The van der Waals surface area contributed by atoms with Gasteiger partial charge in [-0.05, 0) is 60.3 Å². The lowest BCUT2D eigenvalue weighted by Gasteiger charge is -2.32. The number of nitrogens with one attached hydrogen (secondary N) is 1. The summed E-state index contributed by atoms with van der Waals surface area (Å²) in [5.41, 5.74) is 8.82. The third-order valence-electron chi connectivity index (χ3n) is 6.88.